The van der Waals surface area contributed by atoms with Gasteiger partial charge in [0.1, 0.15) is 0 Å². The van der Waals surface area contributed by atoms with E-state index in [2.05, 4.69) is 25.5 Å². The van der Waals surface area contributed by atoms with Gasteiger partial charge in [0.25, 0.3) is 0 Å². The molecule has 1 aromatic heterocycles. The Morgan fingerprint density at radius 3 is 2.67 bits per heavy atom. The molecular formula is C10H9BrN2OS. The third-order valence-corrected chi connectivity index (χ3v) is 3.34. The largest absolute Gasteiger partial charge is 0.387 e. The lowest BCUT2D eigenvalue weighted by Crippen LogP contribution is -1.99. The van der Waals surface area contributed by atoms with E-state index in [1.165, 1.54) is 11.5 Å². The van der Waals surface area contributed by atoms with Crippen molar-refractivity contribution in [1.29, 1.82) is 0 Å². The molecule has 2 aromatic rings. The highest BCUT2D eigenvalue weighted by Gasteiger charge is 2.10. The molecule has 78 valence electrons. The van der Waals surface area contributed by atoms with Gasteiger partial charge in [-0.15, -0.1) is 5.10 Å². The van der Waals surface area contributed by atoms with Crippen LogP contribution in [-0.4, -0.2) is 14.7 Å². The van der Waals surface area contributed by atoms with Crippen molar-refractivity contribution in [3.05, 3.63) is 45.4 Å². The van der Waals surface area contributed by atoms with E-state index in [1.807, 2.05) is 24.3 Å². The van der Waals surface area contributed by atoms with Crippen molar-refractivity contribution in [3.63, 3.8) is 0 Å². The smallest absolute Gasteiger partial charge is 0.0954 e. The number of halogens is 1. The van der Waals surface area contributed by atoms with Gasteiger partial charge in [-0.1, -0.05) is 32.6 Å². The molecule has 0 saturated heterocycles. The molecule has 1 unspecified atom stereocenters. The molecule has 2 rings (SSSR count). The van der Waals surface area contributed by atoms with E-state index < -0.39 is 6.10 Å². The predicted octanol–water partition coefficient (Wildman–Crippen LogP) is 2.58. The molecule has 1 N–H and O–H groups in total. The van der Waals surface area contributed by atoms with Gasteiger partial charge < -0.3 is 5.11 Å². The first-order valence-electron chi connectivity index (χ1n) is 4.45. The van der Waals surface area contributed by atoms with Crippen molar-refractivity contribution in [3.8, 4) is 0 Å². The minimum atomic E-state index is -0.508. The summed E-state index contributed by atoms with van der Waals surface area (Å²) < 4.78 is 4.77. The molecule has 0 spiro atoms. The van der Waals surface area contributed by atoms with E-state index in [-0.39, 0.29) is 0 Å². The molecule has 0 bridgehead atoms. The van der Waals surface area contributed by atoms with Gasteiger partial charge >= 0.3 is 0 Å². The van der Waals surface area contributed by atoms with Crippen molar-refractivity contribution in [2.24, 2.45) is 0 Å². The van der Waals surface area contributed by atoms with Gasteiger partial charge in [-0.25, -0.2) is 0 Å². The van der Waals surface area contributed by atoms with Crippen molar-refractivity contribution in [2.75, 3.05) is 0 Å². The summed E-state index contributed by atoms with van der Waals surface area (Å²) in [6.45, 7) is 0. The molecule has 0 saturated carbocycles. The first kappa shape index (κ1) is 10.7. The average Bonchev–Trinajstić information content (AvgIpc) is 2.74. The number of aliphatic hydroxyl groups is 1. The van der Waals surface area contributed by atoms with E-state index in [0.717, 1.165) is 14.9 Å². The Balaban J connectivity index is 2.06. The first-order valence-corrected chi connectivity index (χ1v) is 6.02. The highest BCUT2D eigenvalue weighted by Crippen LogP contribution is 2.21. The van der Waals surface area contributed by atoms with Crippen LogP contribution < -0.4 is 0 Å². The molecule has 0 fully saturated rings. The number of hydrogen-bond acceptors (Lipinski definition) is 4. The fourth-order valence-electron chi connectivity index (χ4n) is 1.27. The molecule has 0 aliphatic heterocycles. The van der Waals surface area contributed by atoms with Crippen molar-refractivity contribution in [1.82, 2.24) is 9.59 Å². The van der Waals surface area contributed by atoms with Gasteiger partial charge in [0.2, 0.25) is 0 Å². The summed E-state index contributed by atoms with van der Waals surface area (Å²) in [5.74, 6) is 0. The maximum Gasteiger partial charge on any atom is 0.0954 e. The summed E-state index contributed by atoms with van der Waals surface area (Å²) >= 11 is 4.60. The highest BCUT2D eigenvalue weighted by molar-refractivity contribution is 9.10. The van der Waals surface area contributed by atoms with Crippen LogP contribution in [0.3, 0.4) is 0 Å². The normalized spacial score (nSPS) is 12.7. The molecule has 15 heavy (non-hydrogen) atoms. The van der Waals surface area contributed by atoms with Crippen LogP contribution in [0.25, 0.3) is 0 Å². The first-order chi connectivity index (χ1) is 7.25. The maximum absolute atomic E-state index is 9.85. The lowest BCUT2D eigenvalue weighted by molar-refractivity contribution is 0.182. The van der Waals surface area contributed by atoms with E-state index in [4.69, 9.17) is 0 Å². The third kappa shape index (κ3) is 2.84. The zero-order valence-corrected chi connectivity index (χ0v) is 10.2. The van der Waals surface area contributed by atoms with Crippen LogP contribution in [0.15, 0.2) is 34.9 Å². The van der Waals surface area contributed by atoms with E-state index in [9.17, 15) is 5.11 Å². The molecule has 3 nitrogen and oxygen atoms in total. The summed E-state index contributed by atoms with van der Waals surface area (Å²) in [7, 11) is 0. The average molecular weight is 285 g/mol. The molecule has 1 heterocycles. The Labute approximate surface area is 100 Å². The zero-order valence-electron chi connectivity index (χ0n) is 7.80. The van der Waals surface area contributed by atoms with Gasteiger partial charge in [0.05, 0.1) is 17.2 Å². The van der Waals surface area contributed by atoms with Crippen LogP contribution in [0.2, 0.25) is 0 Å². The summed E-state index contributed by atoms with van der Waals surface area (Å²) in [4.78, 5) is 0.804. The Kier molecular flexibility index (Phi) is 3.45. The number of aliphatic hydroxyl groups excluding tert-OH is 1. The molecule has 5 heteroatoms. The minimum absolute atomic E-state index is 0.508. The van der Waals surface area contributed by atoms with Crippen LogP contribution in [0.4, 0.5) is 0 Å². The van der Waals surface area contributed by atoms with Crippen molar-refractivity contribution < 1.29 is 5.11 Å². The molecule has 1 atom stereocenters. The van der Waals surface area contributed by atoms with Crippen molar-refractivity contribution >= 4 is 27.5 Å². The van der Waals surface area contributed by atoms with Crippen LogP contribution in [0.5, 0.6) is 0 Å². The molecule has 0 aliphatic carbocycles. The van der Waals surface area contributed by atoms with Gasteiger partial charge in [-0.05, 0) is 29.2 Å². The Morgan fingerprint density at radius 2 is 2.07 bits per heavy atom. The van der Waals surface area contributed by atoms with Crippen LogP contribution in [-0.2, 0) is 6.42 Å². The lowest BCUT2D eigenvalue weighted by Gasteiger charge is -2.07. The number of benzene rings is 1. The second-order valence-electron chi connectivity index (χ2n) is 3.17. The van der Waals surface area contributed by atoms with Crippen LogP contribution in [0, 0.1) is 0 Å². The highest BCUT2D eigenvalue weighted by atomic mass is 79.9. The summed E-state index contributed by atoms with van der Waals surface area (Å²) in [6, 6.07) is 7.91. The van der Waals surface area contributed by atoms with Gasteiger partial charge in [-0.2, -0.15) is 0 Å². The number of rotatable bonds is 3. The van der Waals surface area contributed by atoms with Crippen LogP contribution in [0.1, 0.15) is 16.5 Å². The fourth-order valence-corrected chi connectivity index (χ4v) is 2.02. The van der Waals surface area contributed by atoms with Gasteiger partial charge in [0.15, 0.2) is 0 Å². The molecular weight excluding hydrogens is 276 g/mol. The van der Waals surface area contributed by atoms with Crippen LogP contribution >= 0.6 is 27.5 Å². The second-order valence-corrected chi connectivity index (χ2v) is 4.90. The Hall–Kier alpha value is -0.780. The standard InChI is InChI=1S/C10H9BrN2OS/c11-8-3-1-7(2-4-8)5-9(14)10-6-12-13-15-10/h1-4,6,9,14H,5H2. The SMILES string of the molecule is OC(Cc1ccc(Br)cc1)c1cnns1. The minimum Gasteiger partial charge on any atom is -0.387 e. The van der Waals surface area contributed by atoms with E-state index >= 15 is 0 Å². The number of nitrogens with zero attached hydrogens (tertiary/aromatic N) is 2. The Morgan fingerprint density at radius 1 is 1.33 bits per heavy atom. The van der Waals surface area contributed by atoms with Crippen molar-refractivity contribution in [2.45, 2.75) is 12.5 Å². The monoisotopic (exact) mass is 284 g/mol. The zero-order chi connectivity index (χ0) is 10.7. The second kappa shape index (κ2) is 4.83. The predicted molar refractivity (Wildman–Crippen MR) is 62.7 cm³/mol. The Bertz CT molecular complexity index is 415. The van der Waals surface area contributed by atoms with E-state index in [1.54, 1.807) is 6.20 Å². The number of hydrogen-bond donors (Lipinski definition) is 1. The maximum atomic E-state index is 9.85. The molecule has 1 aromatic carbocycles. The van der Waals surface area contributed by atoms with Gasteiger partial charge in [0, 0.05) is 10.9 Å². The summed E-state index contributed by atoms with van der Waals surface area (Å²) in [6.07, 6.45) is 1.69. The number of aromatic nitrogens is 2. The summed E-state index contributed by atoms with van der Waals surface area (Å²) in [5.41, 5.74) is 1.10. The topological polar surface area (TPSA) is 46.0 Å². The molecule has 0 aliphatic rings. The third-order valence-electron chi connectivity index (χ3n) is 2.05. The molecule has 0 radical (unpaired) electrons. The quantitative estimate of drug-likeness (QED) is 0.942. The summed E-state index contributed by atoms with van der Waals surface area (Å²) in [5, 5.41) is 13.6. The fraction of sp³-hybridized carbons (Fsp3) is 0.200. The van der Waals surface area contributed by atoms with E-state index in [0.29, 0.717) is 6.42 Å². The lowest BCUT2D eigenvalue weighted by atomic mass is 10.1. The van der Waals surface area contributed by atoms with Gasteiger partial charge in [-0.3, -0.25) is 0 Å². The molecule has 0 amide bonds.